The Balaban J connectivity index is 1.44. The average Bonchev–Trinajstić information content (AvgIpc) is 3.23. The van der Waals surface area contributed by atoms with Crippen molar-refractivity contribution in [3.8, 4) is 0 Å². The van der Waals surface area contributed by atoms with Crippen LogP contribution in [-0.2, 0) is 20.9 Å². The summed E-state index contributed by atoms with van der Waals surface area (Å²) in [4.78, 5) is 48.2. The molecule has 2 aromatic carbocycles. The first-order chi connectivity index (χ1) is 19.2. The molecule has 0 aliphatic carbocycles. The first-order valence-electron chi connectivity index (χ1n) is 13.6. The summed E-state index contributed by atoms with van der Waals surface area (Å²) in [6.07, 6.45) is 8.01. The Bertz CT molecular complexity index is 1400. The van der Waals surface area contributed by atoms with Crippen LogP contribution in [-0.4, -0.2) is 73.9 Å². The van der Waals surface area contributed by atoms with Crippen molar-refractivity contribution in [3.63, 3.8) is 0 Å². The molecule has 4 aliphatic rings. The van der Waals surface area contributed by atoms with E-state index in [1.165, 1.54) is 0 Å². The molecule has 1 unspecified atom stereocenters. The number of fused-ring (bicyclic) bond motifs is 2. The average molecular weight is 578 g/mol. The van der Waals surface area contributed by atoms with Crippen LogP contribution < -0.4 is 4.90 Å². The summed E-state index contributed by atoms with van der Waals surface area (Å²) in [7, 11) is 0. The van der Waals surface area contributed by atoms with E-state index in [0.717, 1.165) is 5.56 Å². The number of aliphatic hydroxyl groups excluding tert-OH is 1. The van der Waals surface area contributed by atoms with E-state index in [1.807, 2.05) is 60.4 Å². The third-order valence-electron chi connectivity index (χ3n) is 8.67. The number of carbonyl (C=O) groups is 3. The minimum absolute atomic E-state index is 0.0871. The zero-order valence-corrected chi connectivity index (χ0v) is 24.0. The van der Waals surface area contributed by atoms with E-state index in [0.29, 0.717) is 30.3 Å². The number of nitrogens with zero attached hydrogens (tertiary/aromatic N) is 3. The number of anilines is 1. The summed E-state index contributed by atoms with van der Waals surface area (Å²) >= 11 is 7.66. The largest absolute Gasteiger partial charge is 0.394 e. The highest BCUT2D eigenvalue weighted by Crippen LogP contribution is 2.65. The summed E-state index contributed by atoms with van der Waals surface area (Å²) in [5.74, 6) is -1.98. The fraction of sp³-hybridized carbons (Fsp3) is 0.387. The molecule has 4 aliphatic heterocycles. The van der Waals surface area contributed by atoms with Gasteiger partial charge in [0.25, 0.3) is 5.91 Å². The smallest absolute Gasteiger partial charge is 0.251 e. The van der Waals surface area contributed by atoms with Crippen molar-refractivity contribution in [1.82, 2.24) is 9.80 Å². The van der Waals surface area contributed by atoms with Gasteiger partial charge < -0.3 is 19.8 Å². The molecule has 7 nitrogen and oxygen atoms in total. The maximum atomic E-state index is 14.4. The number of hydrogen-bond acceptors (Lipinski definition) is 5. The predicted molar refractivity (Wildman–Crippen MR) is 157 cm³/mol. The number of likely N-dealkylation sites (tertiary alicyclic amines) is 1. The maximum absolute atomic E-state index is 14.4. The van der Waals surface area contributed by atoms with E-state index >= 15 is 0 Å². The van der Waals surface area contributed by atoms with Crippen LogP contribution in [0.3, 0.4) is 0 Å². The molecule has 0 saturated carbocycles. The Morgan fingerprint density at radius 3 is 2.35 bits per heavy atom. The van der Waals surface area contributed by atoms with Gasteiger partial charge in [0.2, 0.25) is 11.8 Å². The van der Waals surface area contributed by atoms with Crippen LogP contribution in [0.4, 0.5) is 5.69 Å². The third-order valence-corrected chi connectivity index (χ3v) is 10.7. The van der Waals surface area contributed by atoms with Crippen LogP contribution in [0.5, 0.6) is 0 Å². The van der Waals surface area contributed by atoms with Crippen LogP contribution in [0.15, 0.2) is 78.9 Å². The van der Waals surface area contributed by atoms with E-state index in [1.54, 1.807) is 52.8 Å². The van der Waals surface area contributed by atoms with Crippen LogP contribution in [0.2, 0.25) is 5.02 Å². The lowest BCUT2D eigenvalue weighted by Gasteiger charge is -2.38. The predicted octanol–water partition coefficient (Wildman–Crippen LogP) is 3.91. The van der Waals surface area contributed by atoms with Crippen LogP contribution in [0.1, 0.15) is 19.4 Å². The first kappa shape index (κ1) is 27.1. The second-order valence-corrected chi connectivity index (χ2v) is 13.4. The van der Waals surface area contributed by atoms with Crippen molar-refractivity contribution in [1.29, 1.82) is 0 Å². The molecule has 2 fully saturated rings. The van der Waals surface area contributed by atoms with Gasteiger partial charge in [0, 0.05) is 35.1 Å². The van der Waals surface area contributed by atoms with Crippen molar-refractivity contribution >= 4 is 46.8 Å². The van der Waals surface area contributed by atoms with E-state index in [9.17, 15) is 19.5 Å². The molecule has 0 aromatic heterocycles. The number of thioether (sulfide) groups is 1. The summed E-state index contributed by atoms with van der Waals surface area (Å²) in [5.41, 5.74) is 1.69. The van der Waals surface area contributed by atoms with E-state index in [4.69, 9.17) is 11.6 Å². The topological polar surface area (TPSA) is 81.2 Å². The monoisotopic (exact) mass is 577 g/mol. The second-order valence-electron chi connectivity index (χ2n) is 11.2. The Labute approximate surface area is 243 Å². The van der Waals surface area contributed by atoms with Gasteiger partial charge in [-0.15, -0.1) is 11.8 Å². The number of halogens is 1. The summed E-state index contributed by atoms with van der Waals surface area (Å²) in [6.45, 7) is 4.69. The Morgan fingerprint density at radius 1 is 0.950 bits per heavy atom. The molecule has 3 amide bonds. The lowest BCUT2D eigenvalue weighted by molar-refractivity contribution is -0.145. The fourth-order valence-electron chi connectivity index (χ4n) is 6.87. The van der Waals surface area contributed by atoms with Crippen molar-refractivity contribution in [2.24, 2.45) is 11.8 Å². The van der Waals surface area contributed by atoms with Gasteiger partial charge in [-0.3, -0.25) is 14.4 Å². The number of benzene rings is 2. The van der Waals surface area contributed by atoms with Gasteiger partial charge in [-0.1, -0.05) is 66.2 Å². The molecule has 0 bridgehead atoms. The number of amides is 3. The molecular weight excluding hydrogens is 546 g/mol. The SMILES string of the molecule is C[C@H](CO)N1C(=O)[C@@H]2[C@H]3C(=O)N(Cc4ccccc4)CC=C[C@@]3(C)S[C@@]23C=CCN(c2ccc(Cl)cc2)C(=O)C13. The molecule has 9 heteroatoms. The summed E-state index contributed by atoms with van der Waals surface area (Å²) in [6, 6.07) is 15.4. The van der Waals surface area contributed by atoms with E-state index < -0.39 is 33.4 Å². The third kappa shape index (κ3) is 4.11. The Morgan fingerprint density at radius 2 is 1.65 bits per heavy atom. The van der Waals surface area contributed by atoms with Gasteiger partial charge in [-0.2, -0.15) is 0 Å². The lowest BCUT2D eigenvalue weighted by atomic mass is 9.74. The zero-order chi connectivity index (χ0) is 28.2. The van der Waals surface area contributed by atoms with Gasteiger partial charge in [0.05, 0.1) is 29.2 Å². The summed E-state index contributed by atoms with van der Waals surface area (Å²) < 4.78 is -1.65. The molecule has 0 radical (unpaired) electrons. The van der Waals surface area contributed by atoms with Crippen molar-refractivity contribution in [2.75, 3.05) is 24.6 Å². The van der Waals surface area contributed by atoms with Crippen molar-refractivity contribution in [3.05, 3.63) is 89.5 Å². The Hall–Kier alpha value is -3.07. The molecule has 6 atom stereocenters. The van der Waals surface area contributed by atoms with Crippen LogP contribution in [0.25, 0.3) is 0 Å². The molecule has 208 valence electrons. The first-order valence-corrected chi connectivity index (χ1v) is 14.8. The van der Waals surface area contributed by atoms with Crippen molar-refractivity contribution in [2.45, 2.75) is 42.0 Å². The Kier molecular flexibility index (Phi) is 6.84. The number of hydrogen-bond donors (Lipinski definition) is 1. The molecule has 2 aromatic rings. The molecule has 6 rings (SSSR count). The van der Waals surface area contributed by atoms with Gasteiger partial charge in [0.1, 0.15) is 6.04 Å². The highest BCUT2D eigenvalue weighted by molar-refractivity contribution is 8.02. The maximum Gasteiger partial charge on any atom is 0.251 e. The van der Waals surface area contributed by atoms with Gasteiger partial charge >= 0.3 is 0 Å². The lowest BCUT2D eigenvalue weighted by Crippen LogP contribution is -2.56. The van der Waals surface area contributed by atoms with Crippen LogP contribution >= 0.6 is 23.4 Å². The standard InChI is InChI=1S/C31H32ClN3O4S/c1-20(19-36)35-26-29(39)34(23-12-10-22(32)11-13-23)17-7-15-31(26)25(28(35)38)24-27(37)33(16-6-14-30(24,2)40-31)18-21-8-4-3-5-9-21/h3-15,20,24-26,36H,16-19H2,1-2H3/t20-,24+,25+,26?,30-,31+/m1/s1. The second kappa shape index (κ2) is 10.1. The molecule has 4 heterocycles. The normalized spacial score (nSPS) is 32.0. The highest BCUT2D eigenvalue weighted by Gasteiger charge is 2.74. The van der Waals surface area contributed by atoms with E-state index in [2.05, 4.69) is 6.08 Å². The quantitative estimate of drug-likeness (QED) is 0.545. The van der Waals surface area contributed by atoms with Crippen LogP contribution in [0, 0.1) is 11.8 Å². The van der Waals surface area contributed by atoms with E-state index in [-0.39, 0.29) is 24.3 Å². The molecule has 2 saturated heterocycles. The molecule has 1 N–H and O–H groups in total. The number of aliphatic hydroxyl groups is 1. The zero-order valence-electron chi connectivity index (χ0n) is 22.4. The van der Waals surface area contributed by atoms with Gasteiger partial charge in [-0.25, -0.2) is 0 Å². The molecular formula is C31H32ClN3O4S. The van der Waals surface area contributed by atoms with Gasteiger partial charge in [0.15, 0.2) is 0 Å². The molecule has 1 spiro atoms. The van der Waals surface area contributed by atoms with Crippen molar-refractivity contribution < 1.29 is 19.5 Å². The minimum Gasteiger partial charge on any atom is -0.394 e. The fourth-order valence-corrected chi connectivity index (χ4v) is 9.14. The number of rotatable bonds is 5. The minimum atomic E-state index is -0.964. The molecule has 40 heavy (non-hydrogen) atoms. The highest BCUT2D eigenvalue weighted by atomic mass is 35.5. The summed E-state index contributed by atoms with van der Waals surface area (Å²) in [5, 5.41) is 10.7. The number of carbonyl (C=O) groups excluding carboxylic acids is 3. The van der Waals surface area contributed by atoms with Gasteiger partial charge in [-0.05, 0) is 43.7 Å².